The number of nitrogens with one attached hydrogen (secondary N) is 1. The summed E-state index contributed by atoms with van der Waals surface area (Å²) < 4.78 is 13.5. The Kier molecular flexibility index (Phi) is 4.57. The van der Waals surface area contributed by atoms with E-state index in [9.17, 15) is 9.18 Å². The van der Waals surface area contributed by atoms with Gasteiger partial charge in [-0.3, -0.25) is 9.69 Å². The van der Waals surface area contributed by atoms with Crippen molar-refractivity contribution in [2.24, 2.45) is 0 Å². The van der Waals surface area contributed by atoms with E-state index in [4.69, 9.17) is 5.73 Å². The van der Waals surface area contributed by atoms with Crippen LogP contribution in [0.1, 0.15) is 6.92 Å². The maximum Gasteiger partial charge on any atom is 0.238 e. The van der Waals surface area contributed by atoms with E-state index in [1.165, 1.54) is 18.2 Å². The van der Waals surface area contributed by atoms with E-state index in [-0.39, 0.29) is 18.1 Å². The predicted molar refractivity (Wildman–Crippen MR) is 78.0 cm³/mol. The number of carbonyl (C=O) groups excluding carboxylic acids is 1. The Morgan fingerprint density at radius 3 is 2.95 bits per heavy atom. The molecule has 1 saturated heterocycles. The number of hydrogen-bond acceptors (Lipinski definition) is 4. The molecule has 0 aromatic heterocycles. The fraction of sp³-hybridized carbons (Fsp3) is 0.500. The van der Waals surface area contributed by atoms with E-state index in [2.05, 4.69) is 29.1 Å². The number of halogens is 1. The zero-order chi connectivity index (χ0) is 14.7. The first-order valence-corrected chi connectivity index (χ1v) is 6.73. The van der Waals surface area contributed by atoms with Crippen LogP contribution in [0.3, 0.4) is 0 Å². The van der Waals surface area contributed by atoms with Gasteiger partial charge in [0.05, 0.1) is 12.2 Å². The molecule has 1 amide bonds. The lowest BCUT2D eigenvalue weighted by molar-refractivity contribution is -0.118. The highest BCUT2D eigenvalue weighted by atomic mass is 19.1. The van der Waals surface area contributed by atoms with E-state index in [1.807, 2.05) is 0 Å². The first kappa shape index (κ1) is 14.7. The van der Waals surface area contributed by atoms with E-state index in [0.29, 0.717) is 11.7 Å². The number of amides is 1. The molecule has 6 heteroatoms. The summed E-state index contributed by atoms with van der Waals surface area (Å²) in [5.74, 6) is -0.690. The number of benzene rings is 1. The van der Waals surface area contributed by atoms with Crippen molar-refractivity contribution in [1.82, 2.24) is 9.80 Å². The highest BCUT2D eigenvalue weighted by Crippen LogP contribution is 2.17. The molecule has 0 spiro atoms. The molecule has 1 fully saturated rings. The minimum atomic E-state index is -0.473. The third kappa shape index (κ3) is 3.68. The van der Waals surface area contributed by atoms with Crippen molar-refractivity contribution < 1.29 is 9.18 Å². The van der Waals surface area contributed by atoms with Gasteiger partial charge in [-0.25, -0.2) is 4.39 Å². The normalized spacial score (nSPS) is 20.9. The van der Waals surface area contributed by atoms with Crippen molar-refractivity contribution in [2.45, 2.75) is 13.0 Å². The molecule has 5 nitrogen and oxygen atoms in total. The Morgan fingerprint density at radius 2 is 2.25 bits per heavy atom. The molecule has 20 heavy (non-hydrogen) atoms. The van der Waals surface area contributed by atoms with Gasteiger partial charge in [0.15, 0.2) is 0 Å². The van der Waals surface area contributed by atoms with Gasteiger partial charge < -0.3 is 16.0 Å². The molecule has 110 valence electrons. The lowest BCUT2D eigenvalue weighted by atomic mass is 10.2. The van der Waals surface area contributed by atoms with Crippen LogP contribution in [-0.4, -0.2) is 55.0 Å². The van der Waals surface area contributed by atoms with Crippen LogP contribution in [-0.2, 0) is 4.79 Å². The van der Waals surface area contributed by atoms with Crippen molar-refractivity contribution in [3.05, 3.63) is 24.0 Å². The van der Waals surface area contributed by atoms with Crippen molar-refractivity contribution >= 4 is 17.3 Å². The number of nitrogen functional groups attached to an aromatic ring is 1. The van der Waals surface area contributed by atoms with Crippen LogP contribution in [0.15, 0.2) is 18.2 Å². The van der Waals surface area contributed by atoms with Crippen LogP contribution in [0.4, 0.5) is 15.8 Å². The van der Waals surface area contributed by atoms with Crippen LogP contribution in [0.2, 0.25) is 0 Å². The van der Waals surface area contributed by atoms with Crippen molar-refractivity contribution in [3.8, 4) is 0 Å². The monoisotopic (exact) mass is 280 g/mol. The quantitative estimate of drug-likeness (QED) is 0.810. The van der Waals surface area contributed by atoms with Gasteiger partial charge in [0.25, 0.3) is 0 Å². The average Bonchev–Trinajstić information content (AvgIpc) is 2.37. The van der Waals surface area contributed by atoms with Gasteiger partial charge in [-0.1, -0.05) is 0 Å². The zero-order valence-electron chi connectivity index (χ0n) is 11.9. The molecule has 1 unspecified atom stereocenters. The Labute approximate surface area is 118 Å². The summed E-state index contributed by atoms with van der Waals surface area (Å²) in [5.41, 5.74) is 6.15. The van der Waals surface area contributed by atoms with Gasteiger partial charge in [0.1, 0.15) is 5.82 Å². The maximum atomic E-state index is 13.5. The third-order valence-electron chi connectivity index (χ3n) is 3.58. The summed E-state index contributed by atoms with van der Waals surface area (Å²) >= 11 is 0. The predicted octanol–water partition coefficient (Wildman–Crippen LogP) is 0.982. The van der Waals surface area contributed by atoms with E-state index < -0.39 is 5.82 Å². The minimum Gasteiger partial charge on any atom is -0.399 e. The number of anilines is 2. The molecule has 3 N–H and O–H groups in total. The minimum absolute atomic E-state index is 0.136. The number of piperazine rings is 1. The van der Waals surface area contributed by atoms with Crippen molar-refractivity contribution in [1.29, 1.82) is 0 Å². The van der Waals surface area contributed by atoms with Gasteiger partial charge in [-0.15, -0.1) is 0 Å². The molecular weight excluding hydrogens is 259 g/mol. The molecule has 0 aliphatic carbocycles. The van der Waals surface area contributed by atoms with E-state index in [0.717, 1.165) is 19.6 Å². The van der Waals surface area contributed by atoms with Crippen LogP contribution in [0, 0.1) is 5.82 Å². The second-order valence-corrected chi connectivity index (χ2v) is 5.37. The van der Waals surface area contributed by atoms with E-state index >= 15 is 0 Å². The van der Waals surface area contributed by atoms with Gasteiger partial charge >= 0.3 is 0 Å². The molecule has 2 rings (SSSR count). The van der Waals surface area contributed by atoms with Crippen LogP contribution in [0.25, 0.3) is 0 Å². The van der Waals surface area contributed by atoms with Crippen LogP contribution >= 0.6 is 0 Å². The Morgan fingerprint density at radius 1 is 1.50 bits per heavy atom. The summed E-state index contributed by atoms with van der Waals surface area (Å²) in [7, 11) is 2.07. The molecule has 1 atom stereocenters. The van der Waals surface area contributed by atoms with Crippen LogP contribution in [0.5, 0.6) is 0 Å². The van der Waals surface area contributed by atoms with Gasteiger partial charge in [0, 0.05) is 31.4 Å². The second kappa shape index (κ2) is 6.19. The molecule has 1 aromatic rings. The number of likely N-dealkylation sites (N-methyl/N-ethyl adjacent to an activating group) is 1. The summed E-state index contributed by atoms with van der Waals surface area (Å²) in [5, 5.41) is 2.58. The largest absolute Gasteiger partial charge is 0.399 e. The van der Waals surface area contributed by atoms with Gasteiger partial charge in [0.2, 0.25) is 5.91 Å². The first-order chi connectivity index (χ1) is 9.45. The van der Waals surface area contributed by atoms with Crippen molar-refractivity contribution in [2.75, 3.05) is 44.3 Å². The standard InChI is InChI=1S/C14H21FN4O/c1-10-8-18(2)5-6-19(10)9-14(20)17-13-7-11(16)3-4-12(13)15/h3-4,7,10H,5-6,8-9,16H2,1-2H3,(H,17,20). The molecule has 1 heterocycles. The molecule has 1 aliphatic rings. The summed E-state index contributed by atoms with van der Waals surface area (Å²) in [6.07, 6.45) is 0. The Bertz CT molecular complexity index is 494. The average molecular weight is 280 g/mol. The SMILES string of the molecule is CC1CN(C)CCN1CC(=O)Nc1cc(N)ccc1F. The maximum absolute atomic E-state index is 13.5. The number of nitrogens with two attached hydrogens (primary N) is 1. The first-order valence-electron chi connectivity index (χ1n) is 6.73. The summed E-state index contributed by atoms with van der Waals surface area (Å²) in [4.78, 5) is 16.3. The Balaban J connectivity index is 1.94. The van der Waals surface area contributed by atoms with E-state index in [1.54, 1.807) is 0 Å². The molecular formula is C14H21FN4O. The number of carbonyl (C=O) groups is 1. The number of nitrogens with zero attached hydrogens (tertiary/aromatic N) is 2. The summed E-state index contributed by atoms with van der Waals surface area (Å²) in [6, 6.07) is 4.46. The third-order valence-corrected chi connectivity index (χ3v) is 3.58. The number of hydrogen-bond donors (Lipinski definition) is 2. The highest BCUT2D eigenvalue weighted by molar-refractivity contribution is 5.92. The second-order valence-electron chi connectivity index (χ2n) is 5.37. The fourth-order valence-electron chi connectivity index (χ4n) is 2.43. The molecule has 0 bridgehead atoms. The van der Waals surface area contributed by atoms with Crippen LogP contribution < -0.4 is 11.1 Å². The molecule has 1 aromatic carbocycles. The zero-order valence-corrected chi connectivity index (χ0v) is 11.9. The topological polar surface area (TPSA) is 61.6 Å². The van der Waals surface area contributed by atoms with Gasteiger partial charge in [-0.05, 0) is 32.2 Å². The molecule has 0 saturated carbocycles. The number of rotatable bonds is 3. The van der Waals surface area contributed by atoms with Gasteiger partial charge in [-0.2, -0.15) is 0 Å². The van der Waals surface area contributed by atoms with Crippen molar-refractivity contribution in [3.63, 3.8) is 0 Å². The smallest absolute Gasteiger partial charge is 0.238 e. The highest BCUT2D eigenvalue weighted by Gasteiger charge is 2.23. The summed E-state index contributed by atoms with van der Waals surface area (Å²) in [6.45, 7) is 5.06. The molecule has 0 radical (unpaired) electrons. The fourth-order valence-corrected chi connectivity index (χ4v) is 2.43. The molecule has 1 aliphatic heterocycles. The lowest BCUT2D eigenvalue weighted by Gasteiger charge is -2.37. The lowest BCUT2D eigenvalue weighted by Crippen LogP contribution is -2.52. The Hall–Kier alpha value is -1.66.